The van der Waals surface area contributed by atoms with E-state index in [1.807, 2.05) is 42.5 Å². The minimum atomic E-state index is -0.280. The van der Waals surface area contributed by atoms with Crippen molar-refractivity contribution in [2.45, 2.75) is 6.54 Å². The standard InChI is InChI=1S/C23H21N5O3/c1-30-19-11-10-16(13-20(19)31-2)14-25-23-26-21(18-9-6-12-24-15-18)27-28(23)22(29)17-7-4-3-5-8-17/h3-13,15H,14H2,1-2H3,(H,25,26,27). The molecule has 8 nitrogen and oxygen atoms in total. The molecule has 2 heterocycles. The molecule has 0 amide bonds. The van der Waals surface area contributed by atoms with Crippen LogP contribution in [0.3, 0.4) is 0 Å². The van der Waals surface area contributed by atoms with Gasteiger partial charge in [-0.2, -0.15) is 9.67 Å². The van der Waals surface area contributed by atoms with Crippen molar-refractivity contribution in [1.29, 1.82) is 0 Å². The molecule has 31 heavy (non-hydrogen) atoms. The van der Waals surface area contributed by atoms with Crippen molar-refractivity contribution >= 4 is 11.9 Å². The van der Waals surface area contributed by atoms with Gasteiger partial charge in [-0.3, -0.25) is 9.78 Å². The van der Waals surface area contributed by atoms with Gasteiger partial charge in [0.1, 0.15) is 0 Å². The second-order valence-corrected chi connectivity index (χ2v) is 6.63. The Bertz CT molecular complexity index is 1180. The lowest BCUT2D eigenvalue weighted by atomic mass is 10.2. The fourth-order valence-corrected chi connectivity index (χ4v) is 3.06. The summed E-state index contributed by atoms with van der Waals surface area (Å²) in [5.41, 5.74) is 2.16. The lowest BCUT2D eigenvalue weighted by Gasteiger charge is -2.11. The fourth-order valence-electron chi connectivity index (χ4n) is 3.06. The minimum absolute atomic E-state index is 0.280. The van der Waals surface area contributed by atoms with Crippen LogP contribution >= 0.6 is 0 Å². The van der Waals surface area contributed by atoms with Crippen LogP contribution in [0, 0.1) is 0 Å². The van der Waals surface area contributed by atoms with Gasteiger partial charge in [-0.05, 0) is 42.0 Å². The van der Waals surface area contributed by atoms with E-state index in [0.29, 0.717) is 35.4 Å². The number of carbonyl (C=O) groups excluding carboxylic acids is 1. The number of benzene rings is 2. The summed E-state index contributed by atoms with van der Waals surface area (Å²) in [7, 11) is 3.18. The number of nitrogens with zero attached hydrogens (tertiary/aromatic N) is 4. The lowest BCUT2D eigenvalue weighted by molar-refractivity contribution is 0.0947. The molecular weight excluding hydrogens is 394 g/mol. The first-order valence-electron chi connectivity index (χ1n) is 9.61. The van der Waals surface area contributed by atoms with Crippen LogP contribution in [-0.4, -0.2) is 39.9 Å². The second kappa shape index (κ2) is 9.08. The summed E-state index contributed by atoms with van der Waals surface area (Å²) >= 11 is 0. The molecule has 0 aliphatic heterocycles. The highest BCUT2D eigenvalue weighted by atomic mass is 16.5. The van der Waals surface area contributed by atoms with Gasteiger partial charge in [0.15, 0.2) is 17.3 Å². The zero-order valence-corrected chi connectivity index (χ0v) is 17.1. The first-order valence-corrected chi connectivity index (χ1v) is 9.61. The molecule has 2 aromatic carbocycles. The van der Waals surface area contributed by atoms with E-state index in [2.05, 4.69) is 20.4 Å². The van der Waals surface area contributed by atoms with E-state index < -0.39 is 0 Å². The summed E-state index contributed by atoms with van der Waals surface area (Å²) in [6, 6.07) is 18.2. The number of carbonyl (C=O) groups is 1. The van der Waals surface area contributed by atoms with E-state index in [9.17, 15) is 4.79 Å². The number of hydrogen-bond donors (Lipinski definition) is 1. The van der Waals surface area contributed by atoms with Crippen molar-refractivity contribution in [3.8, 4) is 22.9 Å². The Kier molecular flexibility index (Phi) is 5.89. The number of ether oxygens (including phenoxy) is 2. The number of aromatic nitrogens is 4. The van der Waals surface area contributed by atoms with Crippen LogP contribution in [0.25, 0.3) is 11.4 Å². The molecule has 0 aliphatic carbocycles. The number of anilines is 1. The van der Waals surface area contributed by atoms with Gasteiger partial charge in [-0.15, -0.1) is 5.10 Å². The van der Waals surface area contributed by atoms with E-state index in [-0.39, 0.29) is 5.91 Å². The molecule has 2 aromatic heterocycles. The van der Waals surface area contributed by atoms with E-state index in [0.717, 1.165) is 11.1 Å². The first-order chi connectivity index (χ1) is 15.2. The number of nitrogens with one attached hydrogen (secondary N) is 1. The molecule has 0 saturated carbocycles. The van der Waals surface area contributed by atoms with Crippen LogP contribution in [0.5, 0.6) is 11.5 Å². The molecule has 156 valence electrons. The highest BCUT2D eigenvalue weighted by Gasteiger charge is 2.19. The molecule has 0 spiro atoms. The van der Waals surface area contributed by atoms with Crippen molar-refractivity contribution in [2.75, 3.05) is 19.5 Å². The van der Waals surface area contributed by atoms with Crippen LogP contribution in [0.15, 0.2) is 73.1 Å². The van der Waals surface area contributed by atoms with Crippen LogP contribution in [0.1, 0.15) is 15.9 Å². The van der Waals surface area contributed by atoms with Crippen LogP contribution in [-0.2, 0) is 6.54 Å². The van der Waals surface area contributed by atoms with E-state index in [1.54, 1.807) is 44.8 Å². The predicted molar refractivity (Wildman–Crippen MR) is 116 cm³/mol. The van der Waals surface area contributed by atoms with E-state index in [4.69, 9.17) is 9.47 Å². The summed E-state index contributed by atoms with van der Waals surface area (Å²) in [5, 5.41) is 7.65. The van der Waals surface area contributed by atoms with Crippen LogP contribution in [0.4, 0.5) is 5.95 Å². The van der Waals surface area contributed by atoms with Crippen molar-refractivity contribution in [1.82, 2.24) is 19.7 Å². The molecule has 0 radical (unpaired) electrons. The molecule has 0 saturated heterocycles. The maximum absolute atomic E-state index is 13.1. The van der Waals surface area contributed by atoms with Crippen molar-refractivity contribution in [3.63, 3.8) is 0 Å². The lowest BCUT2D eigenvalue weighted by Crippen LogP contribution is -2.17. The number of hydrogen-bond acceptors (Lipinski definition) is 7. The number of methoxy groups -OCH3 is 2. The third-order valence-corrected chi connectivity index (χ3v) is 4.64. The predicted octanol–water partition coefficient (Wildman–Crippen LogP) is 3.66. The largest absolute Gasteiger partial charge is 0.493 e. The normalized spacial score (nSPS) is 10.5. The van der Waals surface area contributed by atoms with Gasteiger partial charge in [0.25, 0.3) is 5.91 Å². The minimum Gasteiger partial charge on any atom is -0.493 e. The Balaban J connectivity index is 1.65. The van der Waals surface area contributed by atoms with Gasteiger partial charge < -0.3 is 14.8 Å². The molecule has 0 fully saturated rings. The maximum atomic E-state index is 13.1. The highest BCUT2D eigenvalue weighted by Crippen LogP contribution is 2.28. The zero-order chi connectivity index (χ0) is 21.6. The summed E-state index contributed by atoms with van der Waals surface area (Å²) in [6.45, 7) is 0.410. The molecule has 4 aromatic rings. The van der Waals surface area contributed by atoms with Crippen LogP contribution in [0.2, 0.25) is 0 Å². The molecule has 0 unspecified atom stereocenters. The average molecular weight is 415 g/mol. The molecule has 0 aliphatic rings. The topological polar surface area (TPSA) is 91.2 Å². The van der Waals surface area contributed by atoms with Crippen LogP contribution < -0.4 is 14.8 Å². The van der Waals surface area contributed by atoms with Gasteiger partial charge in [0, 0.05) is 30.1 Å². The average Bonchev–Trinajstić information content (AvgIpc) is 3.27. The molecule has 1 N–H and O–H groups in total. The molecule has 0 atom stereocenters. The van der Waals surface area contributed by atoms with Crippen molar-refractivity contribution in [2.24, 2.45) is 0 Å². The first kappa shape index (κ1) is 20.1. The van der Waals surface area contributed by atoms with Gasteiger partial charge in [0.2, 0.25) is 5.95 Å². The SMILES string of the molecule is COc1ccc(CNc2nc(-c3cccnc3)nn2C(=O)c2ccccc2)cc1OC. The van der Waals surface area contributed by atoms with Gasteiger partial charge in [-0.25, -0.2) is 0 Å². The Labute approximate surface area is 179 Å². The quantitative estimate of drug-likeness (QED) is 0.492. The second-order valence-electron chi connectivity index (χ2n) is 6.63. The Morgan fingerprint density at radius 2 is 1.81 bits per heavy atom. The summed E-state index contributed by atoms with van der Waals surface area (Å²) in [6.07, 6.45) is 3.33. The zero-order valence-electron chi connectivity index (χ0n) is 17.1. The third kappa shape index (κ3) is 4.37. The highest BCUT2D eigenvalue weighted by molar-refractivity contribution is 5.97. The summed E-state index contributed by atoms with van der Waals surface area (Å²) < 4.78 is 11.9. The van der Waals surface area contributed by atoms with E-state index >= 15 is 0 Å². The maximum Gasteiger partial charge on any atom is 0.281 e. The van der Waals surface area contributed by atoms with Gasteiger partial charge in [-0.1, -0.05) is 24.3 Å². The van der Waals surface area contributed by atoms with Gasteiger partial charge in [0.05, 0.1) is 14.2 Å². The Morgan fingerprint density at radius 3 is 2.52 bits per heavy atom. The smallest absolute Gasteiger partial charge is 0.281 e. The Hall–Kier alpha value is -4.20. The Morgan fingerprint density at radius 1 is 1.00 bits per heavy atom. The molecule has 8 heteroatoms. The number of pyridine rings is 1. The monoisotopic (exact) mass is 415 g/mol. The van der Waals surface area contributed by atoms with Crippen molar-refractivity contribution in [3.05, 3.63) is 84.2 Å². The number of rotatable bonds is 7. The van der Waals surface area contributed by atoms with Crippen molar-refractivity contribution < 1.29 is 14.3 Å². The third-order valence-electron chi connectivity index (χ3n) is 4.64. The molecular formula is C23H21N5O3. The van der Waals surface area contributed by atoms with E-state index in [1.165, 1.54) is 4.68 Å². The fraction of sp³-hybridized carbons (Fsp3) is 0.130. The summed E-state index contributed by atoms with van der Waals surface area (Å²) in [4.78, 5) is 21.7. The molecule has 0 bridgehead atoms. The molecule has 4 rings (SSSR count). The summed E-state index contributed by atoms with van der Waals surface area (Å²) in [5.74, 6) is 1.74. The van der Waals surface area contributed by atoms with Gasteiger partial charge >= 0.3 is 0 Å².